The zero-order chi connectivity index (χ0) is 12.3. The Morgan fingerprint density at radius 2 is 2.24 bits per heavy atom. The summed E-state index contributed by atoms with van der Waals surface area (Å²) < 4.78 is 13.3. The van der Waals surface area contributed by atoms with Gasteiger partial charge in [0, 0.05) is 23.2 Å². The minimum atomic E-state index is -0.357. The van der Waals surface area contributed by atoms with Crippen molar-refractivity contribution in [1.29, 1.82) is 0 Å². The summed E-state index contributed by atoms with van der Waals surface area (Å²) >= 11 is 5.75. The molecule has 0 bridgehead atoms. The van der Waals surface area contributed by atoms with E-state index in [1.165, 1.54) is 18.2 Å². The lowest BCUT2D eigenvalue weighted by molar-refractivity contribution is -0.120. The molecule has 0 saturated heterocycles. The molecule has 0 unspecified atom stereocenters. The van der Waals surface area contributed by atoms with Gasteiger partial charge < -0.3 is 10.6 Å². The molecule has 17 heavy (non-hydrogen) atoms. The summed E-state index contributed by atoms with van der Waals surface area (Å²) in [5.74, 6) is -0.485. The Morgan fingerprint density at radius 3 is 2.94 bits per heavy atom. The van der Waals surface area contributed by atoms with E-state index < -0.39 is 0 Å². The third-order valence-corrected chi connectivity index (χ3v) is 2.85. The highest BCUT2D eigenvalue weighted by atomic mass is 35.5. The smallest absolute Gasteiger partial charge is 0.234 e. The molecule has 1 aromatic rings. The molecule has 1 saturated carbocycles. The van der Waals surface area contributed by atoms with Gasteiger partial charge in [0.25, 0.3) is 0 Å². The first-order chi connectivity index (χ1) is 8.15. The molecule has 2 rings (SSSR count). The first-order valence-electron chi connectivity index (χ1n) is 5.59. The van der Waals surface area contributed by atoms with Crippen molar-refractivity contribution >= 4 is 17.5 Å². The number of amides is 1. The molecule has 2 N–H and O–H groups in total. The SMILES string of the molecule is O=C(CNC1CC1)NCc1cc(Cl)ccc1F. The Labute approximate surface area is 104 Å². The molecule has 5 heteroatoms. The normalized spacial score (nSPS) is 14.7. The van der Waals surface area contributed by atoms with E-state index in [2.05, 4.69) is 10.6 Å². The molecule has 0 aromatic heterocycles. The van der Waals surface area contributed by atoms with Crippen LogP contribution in [0.4, 0.5) is 4.39 Å². The van der Waals surface area contributed by atoms with Gasteiger partial charge in [-0.25, -0.2) is 4.39 Å². The quantitative estimate of drug-likeness (QED) is 0.844. The number of hydrogen-bond donors (Lipinski definition) is 2. The molecule has 1 aliphatic rings. The largest absolute Gasteiger partial charge is 0.351 e. The van der Waals surface area contributed by atoms with Crippen molar-refractivity contribution in [3.05, 3.63) is 34.6 Å². The highest BCUT2D eigenvalue weighted by Crippen LogP contribution is 2.18. The number of benzene rings is 1. The summed E-state index contributed by atoms with van der Waals surface area (Å²) in [7, 11) is 0. The van der Waals surface area contributed by atoms with Crippen molar-refractivity contribution in [2.75, 3.05) is 6.54 Å². The van der Waals surface area contributed by atoms with E-state index in [0.717, 1.165) is 12.8 Å². The van der Waals surface area contributed by atoms with Crippen LogP contribution in [0.3, 0.4) is 0 Å². The van der Waals surface area contributed by atoms with Gasteiger partial charge in [-0.05, 0) is 31.0 Å². The second-order valence-electron chi connectivity index (χ2n) is 4.17. The van der Waals surface area contributed by atoms with E-state index in [-0.39, 0.29) is 24.8 Å². The van der Waals surface area contributed by atoms with Crippen LogP contribution in [0.2, 0.25) is 5.02 Å². The highest BCUT2D eigenvalue weighted by molar-refractivity contribution is 6.30. The van der Waals surface area contributed by atoms with Gasteiger partial charge in [-0.2, -0.15) is 0 Å². The van der Waals surface area contributed by atoms with Crippen molar-refractivity contribution in [3.63, 3.8) is 0 Å². The minimum Gasteiger partial charge on any atom is -0.351 e. The van der Waals surface area contributed by atoms with Crippen molar-refractivity contribution in [2.45, 2.75) is 25.4 Å². The summed E-state index contributed by atoms with van der Waals surface area (Å²) in [5, 5.41) is 6.20. The molecule has 1 amide bonds. The lowest BCUT2D eigenvalue weighted by Crippen LogP contribution is -2.34. The van der Waals surface area contributed by atoms with Gasteiger partial charge in [-0.1, -0.05) is 11.6 Å². The van der Waals surface area contributed by atoms with Crippen LogP contribution in [0.25, 0.3) is 0 Å². The van der Waals surface area contributed by atoms with Crippen LogP contribution in [0.5, 0.6) is 0 Å². The van der Waals surface area contributed by atoms with Crippen LogP contribution in [0, 0.1) is 5.82 Å². The number of carbonyl (C=O) groups is 1. The van der Waals surface area contributed by atoms with Crippen molar-refractivity contribution in [3.8, 4) is 0 Å². The first kappa shape index (κ1) is 12.3. The third kappa shape index (κ3) is 3.98. The fourth-order valence-electron chi connectivity index (χ4n) is 1.46. The monoisotopic (exact) mass is 256 g/mol. The van der Waals surface area contributed by atoms with E-state index >= 15 is 0 Å². The molecular formula is C12H14ClFN2O. The van der Waals surface area contributed by atoms with Gasteiger partial charge in [0.2, 0.25) is 5.91 Å². The van der Waals surface area contributed by atoms with E-state index in [0.29, 0.717) is 16.6 Å². The number of nitrogens with one attached hydrogen (secondary N) is 2. The van der Waals surface area contributed by atoms with Gasteiger partial charge in [0.05, 0.1) is 6.54 Å². The highest BCUT2D eigenvalue weighted by Gasteiger charge is 2.21. The number of rotatable bonds is 5. The number of carbonyl (C=O) groups excluding carboxylic acids is 1. The molecule has 0 aliphatic heterocycles. The summed E-state index contributed by atoms with van der Waals surface area (Å²) in [6.07, 6.45) is 2.27. The fourth-order valence-corrected chi connectivity index (χ4v) is 1.65. The zero-order valence-corrected chi connectivity index (χ0v) is 10.1. The first-order valence-corrected chi connectivity index (χ1v) is 5.97. The molecule has 1 aliphatic carbocycles. The maximum Gasteiger partial charge on any atom is 0.234 e. The predicted molar refractivity (Wildman–Crippen MR) is 64.3 cm³/mol. The average molecular weight is 257 g/mol. The standard InChI is InChI=1S/C12H14ClFN2O/c13-9-1-4-11(14)8(5-9)6-16-12(17)7-15-10-2-3-10/h1,4-5,10,15H,2-3,6-7H2,(H,16,17). The van der Waals surface area contributed by atoms with Gasteiger partial charge in [0.1, 0.15) is 5.82 Å². The summed E-state index contributed by atoms with van der Waals surface area (Å²) in [6.45, 7) is 0.449. The topological polar surface area (TPSA) is 41.1 Å². The van der Waals surface area contributed by atoms with Gasteiger partial charge in [0.15, 0.2) is 0 Å². The minimum absolute atomic E-state index is 0.128. The van der Waals surface area contributed by atoms with Crippen molar-refractivity contribution in [2.24, 2.45) is 0 Å². The Balaban J connectivity index is 1.79. The molecule has 0 heterocycles. The Kier molecular flexibility index (Phi) is 3.97. The average Bonchev–Trinajstić information content (AvgIpc) is 3.11. The molecule has 0 radical (unpaired) electrons. The third-order valence-electron chi connectivity index (χ3n) is 2.61. The zero-order valence-electron chi connectivity index (χ0n) is 9.30. The fraction of sp³-hybridized carbons (Fsp3) is 0.417. The van der Waals surface area contributed by atoms with Gasteiger partial charge in [-0.15, -0.1) is 0 Å². The van der Waals surface area contributed by atoms with Crippen LogP contribution in [-0.4, -0.2) is 18.5 Å². The molecule has 1 fully saturated rings. The molecule has 92 valence electrons. The summed E-state index contributed by atoms with van der Waals surface area (Å²) in [4.78, 5) is 11.4. The maximum absolute atomic E-state index is 13.3. The molecule has 1 aromatic carbocycles. The van der Waals surface area contributed by atoms with E-state index in [1.54, 1.807) is 0 Å². The maximum atomic E-state index is 13.3. The van der Waals surface area contributed by atoms with Crippen LogP contribution < -0.4 is 10.6 Å². The second-order valence-corrected chi connectivity index (χ2v) is 4.60. The van der Waals surface area contributed by atoms with E-state index in [4.69, 9.17) is 11.6 Å². The molecule has 0 atom stereocenters. The Bertz CT molecular complexity index is 421. The Morgan fingerprint density at radius 1 is 1.47 bits per heavy atom. The predicted octanol–water partition coefficient (Wildman–Crippen LogP) is 1.85. The van der Waals surface area contributed by atoms with E-state index in [1.807, 2.05) is 0 Å². The second kappa shape index (κ2) is 5.47. The lowest BCUT2D eigenvalue weighted by atomic mass is 10.2. The van der Waals surface area contributed by atoms with Crippen molar-refractivity contribution in [1.82, 2.24) is 10.6 Å². The molecular weight excluding hydrogens is 243 g/mol. The summed E-state index contributed by atoms with van der Waals surface area (Å²) in [6, 6.07) is 4.79. The lowest BCUT2D eigenvalue weighted by Gasteiger charge is -2.07. The summed E-state index contributed by atoms with van der Waals surface area (Å²) in [5.41, 5.74) is 0.400. The molecule has 3 nitrogen and oxygen atoms in total. The number of halogens is 2. The Hall–Kier alpha value is -1.13. The van der Waals surface area contributed by atoms with Gasteiger partial charge in [-0.3, -0.25) is 4.79 Å². The van der Waals surface area contributed by atoms with Crippen LogP contribution in [-0.2, 0) is 11.3 Å². The van der Waals surface area contributed by atoms with Crippen LogP contribution >= 0.6 is 11.6 Å². The van der Waals surface area contributed by atoms with E-state index in [9.17, 15) is 9.18 Å². The van der Waals surface area contributed by atoms with Crippen LogP contribution in [0.1, 0.15) is 18.4 Å². The number of hydrogen-bond acceptors (Lipinski definition) is 2. The van der Waals surface area contributed by atoms with Crippen molar-refractivity contribution < 1.29 is 9.18 Å². The van der Waals surface area contributed by atoms with Crippen LogP contribution in [0.15, 0.2) is 18.2 Å². The van der Waals surface area contributed by atoms with Gasteiger partial charge >= 0.3 is 0 Å². The molecule has 0 spiro atoms.